The second-order valence-corrected chi connectivity index (χ2v) is 30.8. The lowest BCUT2D eigenvalue weighted by molar-refractivity contribution is -0.317. The predicted octanol–water partition coefficient (Wildman–Crippen LogP) is 16.6. The summed E-state index contributed by atoms with van der Waals surface area (Å²) in [7, 11) is 1.37. The summed E-state index contributed by atoms with van der Waals surface area (Å²) < 4.78 is 233. The Hall–Kier alpha value is -8.82. The van der Waals surface area contributed by atoms with E-state index in [2.05, 4.69) is 27.6 Å². The maximum absolute atomic E-state index is 14.7. The first-order chi connectivity index (χ1) is 58.9. The number of nitrogens with two attached hydrogens (primary N) is 3. The topological polar surface area (TPSA) is 276 Å². The van der Waals surface area contributed by atoms with Gasteiger partial charge in [0, 0.05) is 89.8 Å². The molecule has 125 heavy (non-hydrogen) atoms. The van der Waals surface area contributed by atoms with Crippen LogP contribution in [0, 0.1) is 24.4 Å². The SMILES string of the molecule is CCl.COc1cc(N)c(Cl)cc1C(=O)O.Cc1cc(N)c(Cl)cc1C(=O)NC1CCN(CCCOc2ccc(F)cc2)CC1(F)F.FC1(F)CCCCC1NCc1ccccc1.Fc1ccc(OCCCN2CCC(NCc3ccccc3)C(F)(F)C2)cc1.NC1CCN(CCCOc2ccc(F)cc2)CC1(F)F.O=C(N1CCC(O)(O)C(F)(F)C1)C(F)(F)F. The van der Waals surface area contributed by atoms with E-state index in [1.165, 1.54) is 80.2 Å². The largest absolute Gasteiger partial charge is 0.496 e. The minimum Gasteiger partial charge on any atom is -0.496 e. The molecule has 5 fully saturated rings. The zero-order valence-electron chi connectivity index (χ0n) is 68.8. The summed E-state index contributed by atoms with van der Waals surface area (Å²) in [4.78, 5) is 38.8. The number of halogens is 19. The van der Waals surface area contributed by atoms with E-state index in [0.29, 0.717) is 151 Å². The Morgan fingerprint density at radius 3 is 1.30 bits per heavy atom. The Morgan fingerprint density at radius 1 is 0.512 bits per heavy atom. The number of likely N-dealkylation sites (tertiary alicyclic amines) is 4. The molecule has 1 saturated carbocycles. The second-order valence-electron chi connectivity index (χ2n) is 30.0. The van der Waals surface area contributed by atoms with Gasteiger partial charge >= 0.3 is 24.0 Å². The molecule has 20 nitrogen and oxygen atoms in total. The minimum absolute atomic E-state index is 0.00157. The molecule has 5 aliphatic rings. The van der Waals surface area contributed by atoms with Gasteiger partial charge in [0.25, 0.3) is 29.6 Å². The number of carbonyl (C=O) groups is 3. The van der Waals surface area contributed by atoms with Crippen LogP contribution in [0.1, 0.15) is 108 Å². The van der Waals surface area contributed by atoms with Gasteiger partial charge in [-0.1, -0.05) is 90.3 Å². The molecule has 39 heteroatoms. The van der Waals surface area contributed by atoms with Crippen LogP contribution in [0.2, 0.25) is 10.0 Å². The highest BCUT2D eigenvalue weighted by molar-refractivity contribution is 6.34. The Labute approximate surface area is 729 Å². The monoisotopic (exact) mass is 1850 g/mol. The fraction of sp³-hybridized carbons (Fsp3) is 0.477. The molecular formula is C86H105Cl3F16N10O10. The molecule has 4 heterocycles. The lowest BCUT2D eigenvalue weighted by Crippen LogP contribution is -2.62. The molecule has 0 bridgehead atoms. The van der Waals surface area contributed by atoms with Crippen LogP contribution in [-0.4, -0.2) is 224 Å². The van der Waals surface area contributed by atoms with Crippen LogP contribution >= 0.6 is 34.8 Å². The molecule has 4 saturated heterocycles. The average Bonchev–Trinajstić information content (AvgIpc) is 0.782. The van der Waals surface area contributed by atoms with Gasteiger partial charge in [-0.05, 0) is 166 Å². The first kappa shape index (κ1) is 105. The van der Waals surface area contributed by atoms with Gasteiger partial charge < -0.3 is 72.3 Å². The number of amides is 2. The fourth-order valence-electron chi connectivity index (χ4n) is 13.5. The van der Waals surface area contributed by atoms with E-state index in [4.69, 9.17) is 74.7 Å². The molecule has 0 spiro atoms. The third-order valence-corrected chi connectivity index (χ3v) is 21.1. The van der Waals surface area contributed by atoms with Crippen LogP contribution in [-0.2, 0) is 17.9 Å². The lowest BCUT2D eigenvalue weighted by atomic mass is 9.91. The standard InChI is InChI=1S/C22H25ClF3N3O2.C21H25F3N2O.C14H19F3N2O.C13H17F2N.C8H8ClNO3.C7H8F5NO3.CH3Cl/c1-14-11-19(27)18(23)12-17(14)21(30)28-20-7-9-29(13-22(20,25)26)8-2-10-31-16-5-3-15(24)4-6-16;22-18-7-9-19(10-8-18)27-14-4-12-26-13-11-20(21(23,24)16-26)25-15-17-5-2-1-3-6-17;15-11-2-4-12(5-3-11)20-9-1-7-19-8-6-13(18)14(16,17)10-19;14-13(15)9-5-4-8-12(13)16-10-11-6-2-1-3-7-11;1-13-7-3-6(10)5(9)2-4(7)8(11)12;8-5(9)3-13(2-1-6(5,15)16)4(14)7(10,11)12;1-2/h3-6,11-12,20H,2,7-10,13,27H2,1H3,(H,28,30);1-3,5-10,20,25H,4,11-16H2;2-5,13H,1,6-10,18H2;1-3,6-7,12,16H,4-5,8-10H2;2-3H,10H2,1H3,(H,11,12);15-16H,1-3H2;1H3. The molecular weight excluding hydrogens is 1740 g/mol. The summed E-state index contributed by atoms with van der Waals surface area (Å²) in [5.74, 6) is -21.9. The van der Waals surface area contributed by atoms with Gasteiger partial charge in [-0.3, -0.25) is 24.3 Å². The summed E-state index contributed by atoms with van der Waals surface area (Å²) >= 11 is 16.2. The number of carboxylic acid groups (broad SMARTS) is 1. The van der Waals surface area contributed by atoms with E-state index in [-0.39, 0.29) is 75.2 Å². The third kappa shape index (κ3) is 34.7. The van der Waals surface area contributed by atoms with Crippen molar-refractivity contribution in [3.8, 4) is 23.0 Å². The zero-order chi connectivity index (χ0) is 92.5. The third-order valence-electron chi connectivity index (χ3n) is 20.4. The minimum atomic E-state index is -5.25. The number of nitrogens with zero attached hydrogens (tertiary/aromatic N) is 4. The van der Waals surface area contributed by atoms with Crippen molar-refractivity contribution in [2.45, 2.75) is 156 Å². The first-order valence-electron chi connectivity index (χ1n) is 39.8. The molecule has 7 aromatic carbocycles. The number of rotatable bonds is 25. The summed E-state index contributed by atoms with van der Waals surface area (Å²) in [5, 5.41) is 35.2. The maximum atomic E-state index is 14.7. The van der Waals surface area contributed by atoms with Gasteiger partial charge in [-0.15, -0.1) is 11.6 Å². The smallest absolute Gasteiger partial charge is 0.471 e. The van der Waals surface area contributed by atoms with Crippen LogP contribution in [0.4, 0.5) is 81.6 Å². The molecule has 4 unspecified atom stereocenters. The van der Waals surface area contributed by atoms with Gasteiger partial charge in [0.1, 0.15) is 46.0 Å². The lowest BCUT2D eigenvalue weighted by Gasteiger charge is -2.40. The summed E-state index contributed by atoms with van der Waals surface area (Å²) in [6, 6.07) is 38.3. The normalized spacial score (nSPS) is 19.8. The van der Waals surface area contributed by atoms with Gasteiger partial charge in [-0.2, -0.15) is 22.0 Å². The van der Waals surface area contributed by atoms with Crippen LogP contribution in [0.3, 0.4) is 0 Å². The molecule has 1 aliphatic carbocycles. The van der Waals surface area contributed by atoms with E-state index < -0.39 is 110 Å². The number of alkyl halides is 14. The quantitative estimate of drug-likeness (QED) is 0.00846. The number of nitrogens with one attached hydrogen (secondary N) is 3. The van der Waals surface area contributed by atoms with Gasteiger partial charge in [0.05, 0.1) is 98.7 Å². The number of aryl methyl sites for hydroxylation is 1. The van der Waals surface area contributed by atoms with Gasteiger partial charge in [-0.25, -0.2) is 53.1 Å². The first-order valence-corrected chi connectivity index (χ1v) is 41.3. The van der Waals surface area contributed by atoms with Crippen molar-refractivity contribution in [2.24, 2.45) is 5.73 Å². The van der Waals surface area contributed by atoms with Crippen LogP contribution in [0.25, 0.3) is 0 Å². The number of carboxylic acids is 1. The molecule has 692 valence electrons. The van der Waals surface area contributed by atoms with Crippen molar-refractivity contribution in [3.63, 3.8) is 0 Å². The second kappa shape index (κ2) is 49.5. The summed E-state index contributed by atoms with van der Waals surface area (Å²) in [6.07, 6.45) is 0.0380. The van der Waals surface area contributed by atoms with E-state index in [1.807, 2.05) is 60.7 Å². The van der Waals surface area contributed by atoms with Crippen LogP contribution in [0.15, 0.2) is 158 Å². The molecule has 7 aromatic rings. The Bertz CT molecular complexity index is 4420. The van der Waals surface area contributed by atoms with Crippen molar-refractivity contribution < 1.29 is 119 Å². The maximum Gasteiger partial charge on any atom is 0.471 e. The van der Waals surface area contributed by atoms with Gasteiger partial charge in [0.2, 0.25) is 5.79 Å². The zero-order valence-corrected chi connectivity index (χ0v) is 71.1. The highest BCUT2D eigenvalue weighted by Crippen LogP contribution is 2.38. The van der Waals surface area contributed by atoms with Crippen molar-refractivity contribution in [1.29, 1.82) is 0 Å². The number of benzene rings is 7. The van der Waals surface area contributed by atoms with E-state index >= 15 is 0 Å². The van der Waals surface area contributed by atoms with Crippen molar-refractivity contribution in [3.05, 3.63) is 213 Å². The van der Waals surface area contributed by atoms with Crippen molar-refractivity contribution in [2.75, 3.05) is 117 Å². The number of carbonyl (C=O) groups excluding carboxylic acids is 2. The molecule has 12 N–H and O–H groups in total. The molecule has 12 rings (SSSR count). The number of hydrogen-bond acceptors (Lipinski definition) is 17. The Balaban J connectivity index is 0.000000237. The number of aliphatic hydroxyl groups is 2. The number of ether oxygens (including phenoxy) is 4. The number of piperidine rings is 4. The van der Waals surface area contributed by atoms with E-state index in [9.17, 15) is 84.6 Å². The molecule has 2 amide bonds. The summed E-state index contributed by atoms with van der Waals surface area (Å²) in [5.41, 5.74) is 20.1. The highest BCUT2D eigenvalue weighted by Gasteiger charge is 2.59. The Kier molecular flexibility index (Phi) is 41.6. The summed E-state index contributed by atoms with van der Waals surface area (Å²) in [6.45, 7) is 3.59. The Morgan fingerprint density at radius 2 is 0.912 bits per heavy atom. The highest BCUT2D eigenvalue weighted by atomic mass is 35.5. The number of anilines is 2. The molecule has 4 aliphatic heterocycles. The van der Waals surface area contributed by atoms with E-state index in [1.54, 1.807) is 52.0 Å². The number of methoxy groups -OCH3 is 1. The number of hydrogen-bond donors (Lipinski definition) is 9. The van der Waals surface area contributed by atoms with Crippen molar-refractivity contribution in [1.82, 2.24) is 35.6 Å². The van der Waals surface area contributed by atoms with Crippen LogP contribution in [0.5, 0.6) is 23.0 Å². The molecule has 0 radical (unpaired) electrons. The fourth-order valence-corrected chi connectivity index (χ4v) is 13.8. The molecule has 0 aromatic heterocycles. The van der Waals surface area contributed by atoms with Gasteiger partial charge in [0.15, 0.2) is 0 Å². The number of nitrogen functional groups attached to an aromatic ring is 2. The van der Waals surface area contributed by atoms with E-state index in [0.717, 1.165) is 17.5 Å². The number of aromatic carboxylic acids is 1. The van der Waals surface area contributed by atoms with Crippen molar-refractivity contribution >= 4 is 64.0 Å². The van der Waals surface area contributed by atoms with Crippen LogP contribution < -0.4 is 52.1 Å². The average molecular weight is 1850 g/mol. The molecule has 4 atom stereocenters. The predicted molar refractivity (Wildman–Crippen MR) is 445 cm³/mol.